The highest BCUT2D eigenvalue weighted by molar-refractivity contribution is 5.88. The largest absolute Gasteiger partial charge is 0.484 e. The summed E-state index contributed by atoms with van der Waals surface area (Å²) in [4.78, 5) is 23.4. The maximum atomic E-state index is 11.8. The van der Waals surface area contributed by atoms with Gasteiger partial charge in [-0.05, 0) is 43.7 Å². The van der Waals surface area contributed by atoms with Crippen LogP contribution >= 0.6 is 0 Å². The van der Waals surface area contributed by atoms with E-state index in [9.17, 15) is 9.59 Å². The van der Waals surface area contributed by atoms with Crippen LogP contribution in [0.15, 0.2) is 54.2 Å². The van der Waals surface area contributed by atoms with E-state index in [2.05, 4.69) is 16.2 Å². The molecule has 0 radical (unpaired) electrons. The van der Waals surface area contributed by atoms with E-state index in [1.165, 1.54) is 6.08 Å². The van der Waals surface area contributed by atoms with E-state index in [4.69, 9.17) is 4.74 Å². The molecule has 2 amide bonds. The molecule has 0 fully saturated rings. The van der Waals surface area contributed by atoms with Crippen molar-refractivity contribution < 1.29 is 14.3 Å². The summed E-state index contributed by atoms with van der Waals surface area (Å²) in [5.74, 6) is 0.0595. The summed E-state index contributed by atoms with van der Waals surface area (Å²) in [5.41, 5.74) is 5.68. The van der Waals surface area contributed by atoms with Gasteiger partial charge >= 0.3 is 0 Å². The topological polar surface area (TPSA) is 79.5 Å². The monoisotopic (exact) mass is 341 g/mol. The van der Waals surface area contributed by atoms with Crippen molar-refractivity contribution in [2.75, 3.05) is 6.61 Å². The van der Waals surface area contributed by atoms with Crippen LogP contribution in [-0.2, 0) is 9.59 Å². The number of amides is 2. The first-order valence-electron chi connectivity index (χ1n) is 8.09. The van der Waals surface area contributed by atoms with Gasteiger partial charge in [0, 0.05) is 17.8 Å². The number of nitrogens with one attached hydrogen (secondary N) is 3. The van der Waals surface area contributed by atoms with E-state index in [1.807, 2.05) is 56.3 Å². The third-order valence-electron chi connectivity index (χ3n) is 3.27. The van der Waals surface area contributed by atoms with Crippen molar-refractivity contribution >= 4 is 22.6 Å². The van der Waals surface area contributed by atoms with Gasteiger partial charge in [-0.2, -0.15) is 0 Å². The number of fused-ring (bicyclic) bond motifs is 1. The van der Waals surface area contributed by atoms with E-state index >= 15 is 0 Å². The SMILES string of the molecule is CC(=CC(=O)NC(C)C)NNC(=O)COc1ccc2ccccc2c1. The average molecular weight is 341 g/mol. The highest BCUT2D eigenvalue weighted by Gasteiger charge is 2.04. The lowest BCUT2D eigenvalue weighted by molar-refractivity contribution is -0.124. The van der Waals surface area contributed by atoms with Crippen LogP contribution in [0, 0.1) is 0 Å². The molecule has 0 aromatic heterocycles. The zero-order valence-corrected chi connectivity index (χ0v) is 14.6. The molecule has 6 nitrogen and oxygen atoms in total. The highest BCUT2D eigenvalue weighted by Crippen LogP contribution is 2.20. The molecule has 0 heterocycles. The van der Waals surface area contributed by atoms with E-state index in [1.54, 1.807) is 6.92 Å². The molecule has 0 aliphatic rings. The number of carbonyl (C=O) groups is 2. The predicted octanol–water partition coefficient (Wildman–Crippen LogP) is 2.27. The Labute approximate surface area is 147 Å². The van der Waals surface area contributed by atoms with Crippen molar-refractivity contribution in [3.05, 3.63) is 54.2 Å². The van der Waals surface area contributed by atoms with E-state index in [0.29, 0.717) is 11.4 Å². The van der Waals surface area contributed by atoms with E-state index in [0.717, 1.165) is 10.8 Å². The van der Waals surface area contributed by atoms with Crippen molar-refractivity contribution in [3.63, 3.8) is 0 Å². The van der Waals surface area contributed by atoms with Crippen LogP contribution in [0.25, 0.3) is 10.8 Å². The van der Waals surface area contributed by atoms with Crippen LogP contribution in [0.3, 0.4) is 0 Å². The number of hydrogen-bond donors (Lipinski definition) is 3. The van der Waals surface area contributed by atoms with Crippen molar-refractivity contribution in [1.29, 1.82) is 0 Å². The van der Waals surface area contributed by atoms with Crippen LogP contribution in [-0.4, -0.2) is 24.5 Å². The zero-order valence-electron chi connectivity index (χ0n) is 14.6. The Bertz CT molecular complexity index is 784. The lowest BCUT2D eigenvalue weighted by Gasteiger charge is -2.11. The van der Waals surface area contributed by atoms with Crippen LogP contribution in [0.1, 0.15) is 20.8 Å². The number of allylic oxidation sites excluding steroid dienone is 1. The first-order chi connectivity index (χ1) is 11.9. The van der Waals surface area contributed by atoms with Crippen LogP contribution in [0.4, 0.5) is 0 Å². The molecule has 2 aromatic rings. The average Bonchev–Trinajstić information content (AvgIpc) is 2.57. The second kappa shape index (κ2) is 8.73. The maximum Gasteiger partial charge on any atom is 0.276 e. The van der Waals surface area contributed by atoms with E-state index in [-0.39, 0.29) is 24.5 Å². The summed E-state index contributed by atoms with van der Waals surface area (Å²) in [5, 5.41) is 4.89. The Hall–Kier alpha value is -3.02. The minimum absolute atomic E-state index is 0.0569. The number of rotatable bonds is 7. The third-order valence-corrected chi connectivity index (χ3v) is 3.27. The lowest BCUT2D eigenvalue weighted by atomic mass is 10.1. The van der Waals surface area contributed by atoms with Gasteiger partial charge < -0.3 is 15.5 Å². The minimum atomic E-state index is -0.342. The molecule has 25 heavy (non-hydrogen) atoms. The molecule has 6 heteroatoms. The Morgan fingerprint density at radius 3 is 2.52 bits per heavy atom. The van der Waals surface area contributed by atoms with Crippen molar-refractivity contribution in [2.45, 2.75) is 26.8 Å². The highest BCUT2D eigenvalue weighted by atomic mass is 16.5. The van der Waals surface area contributed by atoms with Crippen molar-refractivity contribution in [2.24, 2.45) is 0 Å². The number of ether oxygens (including phenoxy) is 1. The summed E-state index contributed by atoms with van der Waals surface area (Å²) in [6.07, 6.45) is 1.38. The zero-order chi connectivity index (χ0) is 18.2. The fraction of sp³-hybridized carbons (Fsp3) is 0.263. The standard InChI is InChI=1S/C19H23N3O3/c1-13(2)20-18(23)10-14(3)21-22-19(24)12-25-17-9-8-15-6-4-5-7-16(15)11-17/h4-11,13,21H,12H2,1-3H3,(H,20,23)(H,22,24). The predicted molar refractivity (Wildman–Crippen MR) is 97.8 cm³/mol. The van der Waals surface area contributed by atoms with Crippen LogP contribution in [0.5, 0.6) is 5.75 Å². The number of hydrazine groups is 1. The molecule has 0 spiro atoms. The maximum absolute atomic E-state index is 11.8. The molecule has 0 saturated carbocycles. The molecular weight excluding hydrogens is 318 g/mol. The fourth-order valence-electron chi connectivity index (χ4n) is 2.17. The van der Waals surface area contributed by atoms with Crippen LogP contribution in [0.2, 0.25) is 0 Å². The van der Waals surface area contributed by atoms with Crippen molar-refractivity contribution in [1.82, 2.24) is 16.2 Å². The second-order valence-corrected chi connectivity index (χ2v) is 5.96. The molecule has 0 bridgehead atoms. The molecular formula is C19H23N3O3. The molecule has 0 saturated heterocycles. The second-order valence-electron chi connectivity index (χ2n) is 5.96. The summed E-state index contributed by atoms with van der Waals surface area (Å²) < 4.78 is 5.49. The minimum Gasteiger partial charge on any atom is -0.484 e. The number of carbonyl (C=O) groups excluding carboxylic acids is 2. The van der Waals surface area contributed by atoms with Gasteiger partial charge in [-0.3, -0.25) is 15.0 Å². The molecule has 0 atom stereocenters. The third kappa shape index (κ3) is 6.18. The molecule has 3 N–H and O–H groups in total. The molecule has 0 unspecified atom stereocenters. The Morgan fingerprint density at radius 2 is 1.80 bits per heavy atom. The molecule has 2 aromatic carbocycles. The normalized spacial score (nSPS) is 11.3. The molecule has 0 aliphatic heterocycles. The summed E-state index contributed by atoms with van der Waals surface area (Å²) in [7, 11) is 0. The van der Waals surface area contributed by atoms with Crippen molar-refractivity contribution in [3.8, 4) is 5.75 Å². The Morgan fingerprint density at radius 1 is 1.08 bits per heavy atom. The van der Waals surface area contributed by atoms with Gasteiger partial charge in [0.25, 0.3) is 5.91 Å². The van der Waals surface area contributed by atoms with E-state index < -0.39 is 0 Å². The van der Waals surface area contributed by atoms with Gasteiger partial charge in [0.1, 0.15) is 5.75 Å². The summed E-state index contributed by atoms with van der Waals surface area (Å²) in [6.45, 7) is 5.31. The molecule has 2 rings (SSSR count). The Kier molecular flexibility index (Phi) is 6.39. The van der Waals surface area contributed by atoms with Gasteiger partial charge in [-0.1, -0.05) is 30.3 Å². The van der Waals surface area contributed by atoms with Gasteiger partial charge in [0.15, 0.2) is 6.61 Å². The first kappa shape index (κ1) is 18.3. The van der Waals surface area contributed by atoms with Gasteiger partial charge in [-0.25, -0.2) is 0 Å². The van der Waals surface area contributed by atoms with Gasteiger partial charge in [0.05, 0.1) is 0 Å². The first-order valence-corrected chi connectivity index (χ1v) is 8.09. The number of benzene rings is 2. The summed E-state index contributed by atoms with van der Waals surface area (Å²) >= 11 is 0. The van der Waals surface area contributed by atoms with Gasteiger partial charge in [-0.15, -0.1) is 0 Å². The van der Waals surface area contributed by atoms with Gasteiger partial charge in [0.2, 0.25) is 5.91 Å². The van der Waals surface area contributed by atoms with Crippen LogP contribution < -0.4 is 20.9 Å². The molecule has 0 aliphatic carbocycles. The number of hydrogen-bond acceptors (Lipinski definition) is 4. The Balaban J connectivity index is 1.79. The summed E-state index contributed by atoms with van der Waals surface area (Å²) in [6, 6.07) is 13.6. The lowest BCUT2D eigenvalue weighted by Crippen LogP contribution is -2.39. The molecule has 132 valence electrons. The smallest absolute Gasteiger partial charge is 0.276 e. The quantitative estimate of drug-likeness (QED) is 0.533. The fourth-order valence-corrected chi connectivity index (χ4v) is 2.17.